The number of hydrogen-bond acceptors (Lipinski definition) is 31. The molecule has 31 heteroatoms. The summed E-state index contributed by atoms with van der Waals surface area (Å²) in [4.78, 5) is 0. The molecule has 0 aromatic rings. The van der Waals surface area contributed by atoms with E-state index in [0.717, 1.165) is 0 Å². The first kappa shape index (κ1) is 55.1. The van der Waals surface area contributed by atoms with Crippen LogP contribution in [0.4, 0.5) is 0 Å². The second-order valence-corrected chi connectivity index (χ2v) is 17.1. The Hall–Kier alpha value is -1.24. The van der Waals surface area contributed by atoms with E-state index in [1.807, 2.05) is 0 Å². The molecule has 0 radical (unpaired) electrons. The summed E-state index contributed by atoms with van der Waals surface area (Å²) in [5, 5.41) is 211. The highest BCUT2D eigenvalue weighted by molar-refractivity contribution is 5.05. The van der Waals surface area contributed by atoms with Gasteiger partial charge >= 0.3 is 0 Å². The Kier molecular flexibility index (Phi) is 17.6. The maximum atomic E-state index is 11.5. The van der Waals surface area contributed by atoms with Crippen LogP contribution >= 0.6 is 0 Å². The van der Waals surface area contributed by atoms with Crippen molar-refractivity contribution in [2.45, 2.75) is 151 Å². The number of aliphatic hydroxyl groups is 20. The van der Waals surface area contributed by atoms with E-state index < -0.39 is 224 Å². The number of rotatable bonds is 21. The molecule has 392 valence electrons. The molecule has 0 aromatic carbocycles. The van der Waals surface area contributed by atoms with E-state index in [4.69, 9.17) is 52.1 Å². The van der Waals surface area contributed by atoms with E-state index >= 15 is 0 Å². The third-order valence-corrected chi connectivity index (χ3v) is 12.9. The molecule has 6 fully saturated rings. The molecular weight excluding hydrogens is 928 g/mol. The van der Waals surface area contributed by atoms with Crippen LogP contribution in [0.5, 0.6) is 0 Å². The van der Waals surface area contributed by atoms with Crippen LogP contribution in [0.15, 0.2) is 0 Å². The molecule has 25 atom stereocenters. The zero-order valence-corrected chi connectivity index (χ0v) is 35.3. The van der Waals surface area contributed by atoms with Crippen molar-refractivity contribution in [3.8, 4) is 0 Å². The number of hydrogen-bond donors (Lipinski definition) is 20. The molecule has 6 aliphatic rings. The maximum Gasteiger partial charge on any atom is 0.224 e. The Morgan fingerprint density at radius 2 is 0.612 bits per heavy atom. The van der Waals surface area contributed by atoms with Gasteiger partial charge in [-0.2, -0.15) is 0 Å². The van der Waals surface area contributed by atoms with Crippen LogP contribution < -0.4 is 0 Å². The van der Waals surface area contributed by atoms with Gasteiger partial charge in [0.25, 0.3) is 0 Å². The van der Waals surface area contributed by atoms with E-state index in [-0.39, 0.29) is 0 Å². The average Bonchev–Trinajstić information content (AvgIpc) is 4.00. The highest BCUT2D eigenvalue weighted by Gasteiger charge is 2.66. The van der Waals surface area contributed by atoms with Gasteiger partial charge in [-0.3, -0.25) is 0 Å². The first-order valence-electron chi connectivity index (χ1n) is 21.0. The summed E-state index contributed by atoms with van der Waals surface area (Å²) < 4.78 is 62.1. The molecule has 0 aromatic heterocycles. The molecule has 0 saturated carbocycles. The van der Waals surface area contributed by atoms with Crippen molar-refractivity contribution in [1.29, 1.82) is 0 Å². The van der Waals surface area contributed by atoms with E-state index in [2.05, 4.69) is 0 Å². The summed E-state index contributed by atoms with van der Waals surface area (Å²) in [5.74, 6) is -13.6. The minimum atomic E-state index is -2.93. The molecule has 0 aliphatic carbocycles. The van der Waals surface area contributed by atoms with Crippen LogP contribution in [0.2, 0.25) is 0 Å². The fourth-order valence-corrected chi connectivity index (χ4v) is 8.67. The van der Waals surface area contributed by atoms with Crippen LogP contribution in [0.1, 0.15) is 0 Å². The molecule has 25 unspecified atom stereocenters. The van der Waals surface area contributed by atoms with Crippen LogP contribution in [0.25, 0.3) is 0 Å². The van der Waals surface area contributed by atoms with Crippen molar-refractivity contribution in [3.05, 3.63) is 0 Å². The van der Waals surface area contributed by atoms with E-state index in [9.17, 15) is 102 Å². The van der Waals surface area contributed by atoms with Crippen LogP contribution in [0.3, 0.4) is 0 Å². The molecule has 0 spiro atoms. The fraction of sp³-hybridized carbons (Fsp3) is 1.00. The first-order chi connectivity index (χ1) is 31.6. The zero-order valence-electron chi connectivity index (χ0n) is 35.3. The highest BCUT2D eigenvalue weighted by Crippen LogP contribution is 2.44. The molecule has 31 nitrogen and oxygen atoms in total. The number of ether oxygens (including phenoxy) is 11. The first-order valence-corrected chi connectivity index (χ1v) is 21.0. The summed E-state index contributed by atoms with van der Waals surface area (Å²) >= 11 is 0. The van der Waals surface area contributed by atoms with Gasteiger partial charge in [-0.15, -0.1) is 0 Å². The SMILES string of the molecule is OCC1OC(CO)(OCC2OC(OC3(COC4(COC5(COC6(CO)OC(CO)C(O)C6O)OC(CO)C(O)C5O)OC(CO)C(O)C4O)OC(CO)C(O)C3O)C(O)C(O)C2O)C(O)C1O. The average molecular weight is 991 g/mol. The molecule has 6 heterocycles. The molecule has 67 heavy (non-hydrogen) atoms. The molecular formula is C36H62O31. The maximum absolute atomic E-state index is 11.5. The Balaban J connectivity index is 1.29. The standard InChI is InChI=1S/C36H62O31/c37-1-12-19(45)26(52)32(7-42,62-12)57-6-17-18(44)24(50)25(51)31(61-17)67-36(30(56)23(49)16(5-41)66-36)11-60-35(29(55)22(48)15(4-40)65-35)10-59-34(28(54)21(47)14(3-39)64-34)9-58-33(8-43)27(53)20(46)13(2-38)63-33/h12-31,37-56H,1-11H2. The Labute approximate surface area is 378 Å². The Morgan fingerprint density at radius 1 is 0.313 bits per heavy atom. The molecule has 6 aliphatic heterocycles. The number of aliphatic hydroxyl groups excluding tert-OH is 20. The van der Waals surface area contributed by atoms with E-state index in [0.29, 0.717) is 0 Å². The van der Waals surface area contributed by atoms with Crippen molar-refractivity contribution < 1.29 is 154 Å². The van der Waals surface area contributed by atoms with Gasteiger partial charge in [0.05, 0.1) is 39.6 Å². The molecule has 6 saturated heterocycles. The van der Waals surface area contributed by atoms with Gasteiger partial charge in [0.15, 0.2) is 6.29 Å². The predicted molar refractivity (Wildman–Crippen MR) is 199 cm³/mol. The Bertz CT molecular complexity index is 1590. The van der Waals surface area contributed by atoms with Gasteiger partial charge in [0, 0.05) is 0 Å². The molecule has 0 bridgehead atoms. The third-order valence-electron chi connectivity index (χ3n) is 12.9. The van der Waals surface area contributed by atoms with E-state index in [1.165, 1.54) is 0 Å². The quantitative estimate of drug-likeness (QED) is 0.0508. The lowest BCUT2D eigenvalue weighted by molar-refractivity contribution is -0.408. The second-order valence-electron chi connectivity index (χ2n) is 17.1. The van der Waals surface area contributed by atoms with Crippen molar-refractivity contribution >= 4 is 0 Å². The Morgan fingerprint density at radius 3 is 0.970 bits per heavy atom. The van der Waals surface area contributed by atoms with Crippen LogP contribution in [-0.2, 0) is 52.1 Å². The topological polar surface area (TPSA) is 506 Å². The third kappa shape index (κ3) is 9.75. The zero-order chi connectivity index (χ0) is 49.6. The lowest BCUT2D eigenvalue weighted by Gasteiger charge is -2.45. The van der Waals surface area contributed by atoms with Gasteiger partial charge in [-0.25, -0.2) is 0 Å². The molecule has 20 N–H and O–H groups in total. The van der Waals surface area contributed by atoms with Crippen molar-refractivity contribution in [2.24, 2.45) is 0 Å². The lowest BCUT2D eigenvalue weighted by atomic mass is 9.98. The van der Waals surface area contributed by atoms with Gasteiger partial charge in [0.1, 0.15) is 149 Å². The molecule has 0 amide bonds. The predicted octanol–water partition coefficient (Wildman–Crippen LogP) is -14.1. The largest absolute Gasteiger partial charge is 0.394 e. The second kappa shape index (κ2) is 21.5. The monoisotopic (exact) mass is 990 g/mol. The van der Waals surface area contributed by atoms with Crippen molar-refractivity contribution in [3.63, 3.8) is 0 Å². The van der Waals surface area contributed by atoms with Crippen molar-refractivity contribution in [1.82, 2.24) is 0 Å². The summed E-state index contributed by atoms with van der Waals surface area (Å²) in [6.07, 6.45) is -39.6. The highest BCUT2D eigenvalue weighted by atomic mass is 16.8. The fourth-order valence-electron chi connectivity index (χ4n) is 8.67. The van der Waals surface area contributed by atoms with Gasteiger partial charge < -0.3 is 154 Å². The van der Waals surface area contributed by atoms with Crippen LogP contribution in [-0.4, -0.2) is 326 Å². The van der Waals surface area contributed by atoms with Gasteiger partial charge in [-0.05, 0) is 0 Å². The van der Waals surface area contributed by atoms with Gasteiger partial charge in [-0.1, -0.05) is 0 Å². The summed E-state index contributed by atoms with van der Waals surface area (Å²) in [5.41, 5.74) is 0. The summed E-state index contributed by atoms with van der Waals surface area (Å²) in [7, 11) is 0. The van der Waals surface area contributed by atoms with E-state index in [1.54, 1.807) is 0 Å². The summed E-state index contributed by atoms with van der Waals surface area (Å²) in [6.45, 7) is -12.0. The smallest absolute Gasteiger partial charge is 0.224 e. The molecule has 6 rings (SSSR count). The van der Waals surface area contributed by atoms with Crippen LogP contribution in [0, 0.1) is 0 Å². The normalized spacial score (nSPS) is 52.5. The lowest BCUT2D eigenvalue weighted by Crippen LogP contribution is -2.64. The van der Waals surface area contributed by atoms with Crippen molar-refractivity contribution in [2.75, 3.05) is 72.7 Å². The van der Waals surface area contributed by atoms with Gasteiger partial charge in [0.2, 0.25) is 28.9 Å². The minimum absolute atomic E-state index is 0.836. The minimum Gasteiger partial charge on any atom is -0.394 e. The summed E-state index contributed by atoms with van der Waals surface area (Å²) in [6, 6.07) is 0.